The number of nitrogens with zero attached hydrogens (tertiary/aromatic N) is 1. The van der Waals surface area contributed by atoms with E-state index in [-0.39, 0.29) is 0 Å². The monoisotopic (exact) mass is 180 g/mol. The van der Waals surface area contributed by atoms with Gasteiger partial charge >= 0.3 is 0 Å². The summed E-state index contributed by atoms with van der Waals surface area (Å²) in [6.45, 7) is 1.93. The highest BCUT2D eigenvalue weighted by molar-refractivity contribution is 5.81. The Balaban J connectivity index is 1.68. The molecule has 0 aromatic carbocycles. The van der Waals surface area contributed by atoms with Gasteiger partial charge in [-0.05, 0) is 25.7 Å². The van der Waals surface area contributed by atoms with Crippen molar-refractivity contribution >= 4 is 5.91 Å². The van der Waals surface area contributed by atoms with Gasteiger partial charge in [-0.1, -0.05) is 0 Å². The molecule has 1 saturated carbocycles. The fourth-order valence-corrected chi connectivity index (χ4v) is 2.57. The molecule has 3 fully saturated rings. The highest BCUT2D eigenvalue weighted by Gasteiger charge is 2.39. The number of rotatable bonds is 1. The molecule has 2 heterocycles. The summed E-state index contributed by atoms with van der Waals surface area (Å²) < 4.78 is 0. The SMILES string of the molecule is O=C(C1CC1)N1CC2CCC(C1)N2. The first-order valence-electron chi connectivity index (χ1n) is 5.38. The molecule has 3 nitrogen and oxygen atoms in total. The molecule has 2 aliphatic heterocycles. The van der Waals surface area contributed by atoms with Gasteiger partial charge in [-0.2, -0.15) is 0 Å². The summed E-state index contributed by atoms with van der Waals surface area (Å²) in [7, 11) is 0. The van der Waals surface area contributed by atoms with Crippen LogP contribution in [0.25, 0.3) is 0 Å². The molecule has 0 aromatic rings. The summed E-state index contributed by atoms with van der Waals surface area (Å²) in [4.78, 5) is 13.9. The molecular weight excluding hydrogens is 164 g/mol. The van der Waals surface area contributed by atoms with Crippen molar-refractivity contribution in [2.75, 3.05) is 13.1 Å². The molecule has 2 unspecified atom stereocenters. The lowest BCUT2D eigenvalue weighted by molar-refractivity contribution is -0.133. The average molecular weight is 180 g/mol. The Bertz CT molecular complexity index is 225. The zero-order valence-corrected chi connectivity index (χ0v) is 7.83. The number of hydrogen-bond donors (Lipinski definition) is 1. The second-order valence-electron chi connectivity index (χ2n) is 4.66. The Morgan fingerprint density at radius 3 is 2.23 bits per heavy atom. The first-order chi connectivity index (χ1) is 6.33. The number of piperazine rings is 1. The van der Waals surface area contributed by atoms with Crippen LogP contribution in [0, 0.1) is 5.92 Å². The van der Waals surface area contributed by atoms with Crippen molar-refractivity contribution in [3.63, 3.8) is 0 Å². The largest absolute Gasteiger partial charge is 0.339 e. The fourth-order valence-electron chi connectivity index (χ4n) is 2.57. The van der Waals surface area contributed by atoms with Crippen LogP contribution in [0.2, 0.25) is 0 Å². The van der Waals surface area contributed by atoms with Crippen molar-refractivity contribution in [3.05, 3.63) is 0 Å². The predicted octanol–water partition coefficient (Wildman–Crippen LogP) is 0.359. The van der Waals surface area contributed by atoms with Crippen LogP contribution >= 0.6 is 0 Å². The number of fused-ring (bicyclic) bond motifs is 2. The molecule has 1 N–H and O–H groups in total. The molecule has 0 aromatic heterocycles. The van der Waals surface area contributed by atoms with Crippen molar-refractivity contribution in [2.45, 2.75) is 37.8 Å². The van der Waals surface area contributed by atoms with Crippen LogP contribution in [0.1, 0.15) is 25.7 Å². The lowest BCUT2D eigenvalue weighted by atomic mass is 10.2. The van der Waals surface area contributed by atoms with Crippen molar-refractivity contribution < 1.29 is 4.79 Å². The van der Waals surface area contributed by atoms with Crippen molar-refractivity contribution in [2.24, 2.45) is 5.92 Å². The van der Waals surface area contributed by atoms with E-state index in [0.29, 0.717) is 23.9 Å². The molecule has 13 heavy (non-hydrogen) atoms. The van der Waals surface area contributed by atoms with Crippen LogP contribution in [0.15, 0.2) is 0 Å². The van der Waals surface area contributed by atoms with Crippen molar-refractivity contribution in [1.82, 2.24) is 10.2 Å². The lowest BCUT2D eigenvalue weighted by Crippen LogP contribution is -2.53. The second-order valence-corrected chi connectivity index (χ2v) is 4.66. The average Bonchev–Trinajstić information content (AvgIpc) is 2.92. The highest BCUT2D eigenvalue weighted by Crippen LogP contribution is 2.32. The van der Waals surface area contributed by atoms with Crippen molar-refractivity contribution in [1.29, 1.82) is 0 Å². The van der Waals surface area contributed by atoms with Gasteiger partial charge in [0.05, 0.1) is 0 Å². The molecule has 3 heteroatoms. The van der Waals surface area contributed by atoms with Gasteiger partial charge in [-0.3, -0.25) is 4.79 Å². The molecule has 2 bridgehead atoms. The second kappa shape index (κ2) is 2.71. The van der Waals surface area contributed by atoms with Gasteiger partial charge < -0.3 is 10.2 Å². The Morgan fingerprint density at radius 1 is 1.08 bits per heavy atom. The number of carbonyl (C=O) groups is 1. The topological polar surface area (TPSA) is 32.3 Å². The van der Waals surface area contributed by atoms with E-state index in [2.05, 4.69) is 10.2 Å². The Kier molecular flexibility index (Phi) is 1.62. The Hall–Kier alpha value is -0.570. The van der Waals surface area contributed by atoms with E-state index in [9.17, 15) is 4.79 Å². The number of likely N-dealkylation sites (tertiary alicyclic amines) is 1. The Morgan fingerprint density at radius 2 is 1.69 bits per heavy atom. The van der Waals surface area contributed by atoms with Crippen LogP contribution in [0.5, 0.6) is 0 Å². The maximum Gasteiger partial charge on any atom is 0.225 e. The van der Waals surface area contributed by atoms with Gasteiger partial charge in [0.15, 0.2) is 0 Å². The molecule has 1 aliphatic carbocycles. The maximum absolute atomic E-state index is 11.8. The highest BCUT2D eigenvalue weighted by atomic mass is 16.2. The molecule has 3 aliphatic rings. The van der Waals surface area contributed by atoms with E-state index in [1.54, 1.807) is 0 Å². The molecule has 0 radical (unpaired) electrons. The summed E-state index contributed by atoms with van der Waals surface area (Å²) in [6, 6.07) is 1.20. The summed E-state index contributed by atoms with van der Waals surface area (Å²) in [5.74, 6) is 0.830. The molecule has 1 amide bonds. The molecule has 2 atom stereocenters. The molecular formula is C10H16N2O. The van der Waals surface area contributed by atoms with Crippen LogP contribution in [-0.4, -0.2) is 36.0 Å². The third-order valence-electron chi connectivity index (χ3n) is 3.45. The van der Waals surface area contributed by atoms with Crippen LogP contribution in [0.4, 0.5) is 0 Å². The van der Waals surface area contributed by atoms with E-state index < -0.39 is 0 Å². The summed E-state index contributed by atoms with van der Waals surface area (Å²) in [5, 5.41) is 3.54. The van der Waals surface area contributed by atoms with E-state index >= 15 is 0 Å². The van der Waals surface area contributed by atoms with Crippen LogP contribution in [-0.2, 0) is 4.79 Å². The zero-order chi connectivity index (χ0) is 8.84. The summed E-state index contributed by atoms with van der Waals surface area (Å²) >= 11 is 0. The normalized spacial score (nSPS) is 38.0. The summed E-state index contributed by atoms with van der Waals surface area (Å²) in [6.07, 6.45) is 4.80. The minimum absolute atomic E-state index is 0.400. The lowest BCUT2D eigenvalue weighted by Gasteiger charge is -2.33. The molecule has 72 valence electrons. The molecule has 0 spiro atoms. The van der Waals surface area contributed by atoms with Gasteiger partial charge in [0.2, 0.25) is 5.91 Å². The number of carbonyl (C=O) groups excluding carboxylic acids is 1. The van der Waals surface area contributed by atoms with E-state index in [1.807, 2.05) is 0 Å². The quantitative estimate of drug-likeness (QED) is 0.632. The van der Waals surface area contributed by atoms with Gasteiger partial charge in [0, 0.05) is 31.1 Å². The minimum atomic E-state index is 0.400. The third kappa shape index (κ3) is 1.35. The minimum Gasteiger partial charge on any atom is -0.339 e. The number of nitrogens with one attached hydrogen (secondary N) is 1. The summed E-state index contributed by atoms with van der Waals surface area (Å²) in [5.41, 5.74) is 0. The van der Waals surface area contributed by atoms with Crippen LogP contribution < -0.4 is 5.32 Å². The van der Waals surface area contributed by atoms with Crippen molar-refractivity contribution in [3.8, 4) is 0 Å². The van der Waals surface area contributed by atoms with Gasteiger partial charge in [-0.15, -0.1) is 0 Å². The zero-order valence-electron chi connectivity index (χ0n) is 7.83. The third-order valence-corrected chi connectivity index (χ3v) is 3.45. The number of amides is 1. The van der Waals surface area contributed by atoms with Gasteiger partial charge in [0.1, 0.15) is 0 Å². The van der Waals surface area contributed by atoms with Crippen LogP contribution in [0.3, 0.4) is 0 Å². The molecule has 3 rings (SSSR count). The van der Waals surface area contributed by atoms with E-state index in [0.717, 1.165) is 25.9 Å². The van der Waals surface area contributed by atoms with E-state index in [1.165, 1.54) is 12.8 Å². The Labute approximate surface area is 78.5 Å². The predicted molar refractivity (Wildman–Crippen MR) is 49.2 cm³/mol. The maximum atomic E-state index is 11.8. The number of hydrogen-bond acceptors (Lipinski definition) is 2. The first kappa shape index (κ1) is 7.80. The standard InChI is InChI=1S/C10H16N2O/c13-10(7-1-2-7)12-5-8-3-4-9(6-12)11-8/h7-9,11H,1-6H2. The molecule has 2 saturated heterocycles. The first-order valence-corrected chi connectivity index (χ1v) is 5.38. The van der Waals surface area contributed by atoms with Gasteiger partial charge in [0.25, 0.3) is 0 Å². The fraction of sp³-hybridized carbons (Fsp3) is 0.900. The smallest absolute Gasteiger partial charge is 0.225 e. The van der Waals surface area contributed by atoms with E-state index in [4.69, 9.17) is 0 Å². The van der Waals surface area contributed by atoms with Gasteiger partial charge in [-0.25, -0.2) is 0 Å².